The minimum atomic E-state index is 0.830. The zero-order chi connectivity index (χ0) is 8.97. The zero-order valence-electron chi connectivity index (χ0n) is 7.39. The van der Waals surface area contributed by atoms with Crippen molar-refractivity contribution in [2.75, 3.05) is 6.26 Å². The first-order valence-corrected chi connectivity index (χ1v) is 5.66. The van der Waals surface area contributed by atoms with E-state index in [0.717, 1.165) is 11.1 Å². The zero-order valence-corrected chi connectivity index (χ0v) is 9.02. The van der Waals surface area contributed by atoms with E-state index in [-0.39, 0.29) is 0 Å². The Kier molecular flexibility index (Phi) is 3.82. The lowest BCUT2D eigenvalue weighted by molar-refractivity contribution is 0.892. The highest BCUT2D eigenvalue weighted by molar-refractivity contribution is 7.98. The van der Waals surface area contributed by atoms with Crippen LogP contribution in [0.2, 0.25) is 0 Å². The van der Waals surface area contributed by atoms with Gasteiger partial charge in [0.05, 0.1) is 0 Å². The van der Waals surface area contributed by atoms with Crippen LogP contribution < -0.4 is 0 Å². The Labute approximate surface area is 82.6 Å². The van der Waals surface area contributed by atoms with Gasteiger partial charge in [-0.1, -0.05) is 25.6 Å². The molecule has 0 fully saturated rings. The minimum Gasteiger partial charge on any atom is -0.352 e. The van der Waals surface area contributed by atoms with Gasteiger partial charge in [-0.05, 0) is 24.3 Å². The molecule has 0 spiro atoms. The van der Waals surface area contributed by atoms with Crippen LogP contribution in [0.1, 0.15) is 18.9 Å². The molecule has 1 N–H and O–H groups in total. The predicted octanol–water partition coefficient (Wildman–Crippen LogP) is 3.42. The molecule has 0 aliphatic carbocycles. The molecule has 0 saturated heterocycles. The van der Waals surface area contributed by atoms with Crippen LogP contribution in [0.3, 0.4) is 0 Å². The maximum atomic E-state index is 5.06. The number of H-pyrrole nitrogens is 1. The van der Waals surface area contributed by atoms with Crippen molar-refractivity contribution in [2.24, 2.45) is 0 Å². The fourth-order valence-electron chi connectivity index (χ4n) is 1.16. The van der Waals surface area contributed by atoms with Gasteiger partial charge in [0.2, 0.25) is 0 Å². The summed E-state index contributed by atoms with van der Waals surface area (Å²) in [6, 6.07) is 2.06. The number of aryl methyl sites for hydroxylation is 1. The maximum Gasteiger partial charge on any atom is 0.103 e. The molecule has 0 aromatic carbocycles. The summed E-state index contributed by atoms with van der Waals surface area (Å²) < 4.78 is 0.830. The first-order chi connectivity index (χ1) is 5.77. The number of thioether (sulfide) groups is 1. The van der Waals surface area contributed by atoms with Gasteiger partial charge in [-0.15, -0.1) is 11.8 Å². The summed E-state index contributed by atoms with van der Waals surface area (Å²) in [4.78, 5) is 4.35. The molecule has 1 heterocycles. The van der Waals surface area contributed by atoms with Gasteiger partial charge < -0.3 is 4.98 Å². The summed E-state index contributed by atoms with van der Waals surface area (Å²) >= 11 is 6.82. The van der Waals surface area contributed by atoms with Crippen LogP contribution in [0, 0.1) is 4.64 Å². The van der Waals surface area contributed by atoms with Crippen LogP contribution in [0.15, 0.2) is 17.2 Å². The van der Waals surface area contributed by atoms with Crippen molar-refractivity contribution in [3.63, 3.8) is 0 Å². The van der Waals surface area contributed by atoms with Crippen molar-refractivity contribution in [3.8, 4) is 0 Å². The monoisotopic (exact) mass is 199 g/mol. The normalized spacial score (nSPS) is 10.2. The summed E-state index contributed by atoms with van der Waals surface area (Å²) in [6.07, 6.45) is 6.38. The van der Waals surface area contributed by atoms with Crippen LogP contribution >= 0.6 is 24.0 Å². The Morgan fingerprint density at radius 3 is 2.92 bits per heavy atom. The Morgan fingerprint density at radius 1 is 1.58 bits per heavy atom. The maximum absolute atomic E-state index is 5.06. The molecule has 66 valence electrons. The Hall–Kier alpha value is -0.280. The molecular formula is C9H13NS2. The molecule has 0 atom stereocenters. The van der Waals surface area contributed by atoms with E-state index in [1.165, 1.54) is 16.9 Å². The van der Waals surface area contributed by atoms with Crippen LogP contribution in [0.4, 0.5) is 0 Å². The van der Waals surface area contributed by atoms with E-state index in [2.05, 4.69) is 24.2 Å². The second kappa shape index (κ2) is 4.67. The number of hydrogen-bond acceptors (Lipinski definition) is 2. The first kappa shape index (κ1) is 9.81. The van der Waals surface area contributed by atoms with Gasteiger partial charge in [-0.2, -0.15) is 0 Å². The SMILES string of the molecule is CCCc1cc(=S)[nH]cc1SC. The van der Waals surface area contributed by atoms with E-state index in [4.69, 9.17) is 12.2 Å². The van der Waals surface area contributed by atoms with E-state index in [1.54, 1.807) is 11.8 Å². The van der Waals surface area contributed by atoms with Crippen molar-refractivity contribution in [1.82, 2.24) is 4.98 Å². The standard InChI is InChI=1S/C9H13NS2/c1-3-4-7-5-9(11)10-6-8(7)12-2/h5-6H,3-4H2,1-2H3,(H,10,11). The van der Waals surface area contributed by atoms with Crippen LogP contribution in [0.25, 0.3) is 0 Å². The van der Waals surface area contributed by atoms with Gasteiger partial charge in [0.15, 0.2) is 0 Å². The van der Waals surface area contributed by atoms with Crippen LogP contribution in [0.5, 0.6) is 0 Å². The molecular weight excluding hydrogens is 186 g/mol. The van der Waals surface area contributed by atoms with E-state index < -0.39 is 0 Å². The van der Waals surface area contributed by atoms with Crippen molar-refractivity contribution < 1.29 is 0 Å². The van der Waals surface area contributed by atoms with Gasteiger partial charge >= 0.3 is 0 Å². The van der Waals surface area contributed by atoms with Gasteiger partial charge in [0, 0.05) is 11.1 Å². The third-order valence-corrected chi connectivity index (χ3v) is 2.76. The second-order valence-electron chi connectivity index (χ2n) is 2.64. The number of rotatable bonds is 3. The Bertz CT molecular complexity index is 304. The molecule has 0 aliphatic rings. The third-order valence-electron chi connectivity index (χ3n) is 1.71. The number of pyridine rings is 1. The molecule has 0 bridgehead atoms. The lowest BCUT2D eigenvalue weighted by atomic mass is 10.2. The molecule has 1 aromatic rings. The Balaban J connectivity index is 3.03. The summed E-state index contributed by atoms with van der Waals surface area (Å²) in [7, 11) is 0. The molecule has 1 nitrogen and oxygen atoms in total. The van der Waals surface area contributed by atoms with E-state index >= 15 is 0 Å². The van der Waals surface area contributed by atoms with Crippen LogP contribution in [-0.2, 0) is 6.42 Å². The summed E-state index contributed by atoms with van der Waals surface area (Å²) in [5, 5.41) is 0. The molecule has 0 aliphatic heterocycles. The molecule has 0 unspecified atom stereocenters. The molecule has 12 heavy (non-hydrogen) atoms. The molecule has 3 heteroatoms. The van der Waals surface area contributed by atoms with Gasteiger partial charge in [0.1, 0.15) is 4.64 Å². The Morgan fingerprint density at radius 2 is 2.33 bits per heavy atom. The van der Waals surface area contributed by atoms with Gasteiger partial charge in [-0.25, -0.2) is 0 Å². The molecule has 0 radical (unpaired) electrons. The molecule has 0 saturated carbocycles. The highest BCUT2D eigenvalue weighted by atomic mass is 32.2. The molecule has 1 rings (SSSR count). The number of aromatic nitrogens is 1. The third kappa shape index (κ3) is 2.35. The first-order valence-electron chi connectivity index (χ1n) is 4.03. The van der Waals surface area contributed by atoms with E-state index in [1.807, 2.05) is 6.20 Å². The lowest BCUT2D eigenvalue weighted by Gasteiger charge is -2.04. The van der Waals surface area contributed by atoms with Crippen LogP contribution in [-0.4, -0.2) is 11.2 Å². The number of hydrogen-bond donors (Lipinski definition) is 1. The fraction of sp³-hybridized carbons (Fsp3) is 0.444. The fourth-order valence-corrected chi connectivity index (χ4v) is 1.96. The second-order valence-corrected chi connectivity index (χ2v) is 3.93. The summed E-state index contributed by atoms with van der Waals surface area (Å²) in [5.74, 6) is 0. The van der Waals surface area contributed by atoms with E-state index in [9.17, 15) is 0 Å². The average molecular weight is 199 g/mol. The number of aromatic amines is 1. The topological polar surface area (TPSA) is 15.8 Å². The van der Waals surface area contributed by atoms with E-state index in [0.29, 0.717) is 0 Å². The summed E-state index contributed by atoms with van der Waals surface area (Å²) in [5.41, 5.74) is 1.37. The molecule has 0 amide bonds. The lowest BCUT2D eigenvalue weighted by Crippen LogP contribution is -1.88. The average Bonchev–Trinajstić information content (AvgIpc) is 2.05. The quantitative estimate of drug-likeness (QED) is 0.593. The van der Waals surface area contributed by atoms with Crippen molar-refractivity contribution >= 4 is 24.0 Å². The van der Waals surface area contributed by atoms with Gasteiger partial charge in [-0.3, -0.25) is 0 Å². The predicted molar refractivity (Wildman–Crippen MR) is 57.4 cm³/mol. The molecule has 1 aromatic heterocycles. The largest absolute Gasteiger partial charge is 0.352 e. The van der Waals surface area contributed by atoms with Crippen molar-refractivity contribution in [1.29, 1.82) is 0 Å². The minimum absolute atomic E-state index is 0.830. The highest BCUT2D eigenvalue weighted by Gasteiger charge is 1.98. The number of nitrogens with one attached hydrogen (secondary N) is 1. The highest BCUT2D eigenvalue weighted by Crippen LogP contribution is 2.20. The summed E-state index contributed by atoms with van der Waals surface area (Å²) in [6.45, 7) is 2.18. The van der Waals surface area contributed by atoms with Crippen molar-refractivity contribution in [3.05, 3.63) is 22.5 Å². The smallest absolute Gasteiger partial charge is 0.103 e. The van der Waals surface area contributed by atoms with Gasteiger partial charge in [0.25, 0.3) is 0 Å². The van der Waals surface area contributed by atoms with Crippen molar-refractivity contribution in [2.45, 2.75) is 24.7 Å².